The van der Waals surface area contributed by atoms with Gasteiger partial charge in [-0.15, -0.1) is 0 Å². The van der Waals surface area contributed by atoms with Crippen molar-refractivity contribution < 1.29 is 0 Å². The SMILES string of the molecule is Cc1ccc(-n2ccc3ccccc3c2=N)cc1. The highest BCUT2D eigenvalue weighted by Gasteiger charge is 2.00. The van der Waals surface area contributed by atoms with E-state index in [2.05, 4.69) is 19.1 Å². The summed E-state index contributed by atoms with van der Waals surface area (Å²) in [5.74, 6) is 0. The van der Waals surface area contributed by atoms with Crippen molar-refractivity contribution in [3.63, 3.8) is 0 Å². The molecule has 0 aliphatic carbocycles. The van der Waals surface area contributed by atoms with E-state index < -0.39 is 0 Å². The Labute approximate surface area is 106 Å². The summed E-state index contributed by atoms with van der Waals surface area (Å²) in [7, 11) is 0. The van der Waals surface area contributed by atoms with Gasteiger partial charge in [0.15, 0.2) is 0 Å². The van der Waals surface area contributed by atoms with Crippen LogP contribution in [0.1, 0.15) is 5.56 Å². The molecule has 3 rings (SSSR count). The maximum absolute atomic E-state index is 8.29. The Morgan fingerprint density at radius 1 is 0.889 bits per heavy atom. The van der Waals surface area contributed by atoms with Crippen molar-refractivity contribution in [1.29, 1.82) is 5.41 Å². The predicted molar refractivity (Wildman–Crippen MR) is 73.9 cm³/mol. The van der Waals surface area contributed by atoms with E-state index in [0.717, 1.165) is 16.5 Å². The molecular weight excluding hydrogens is 220 g/mol. The summed E-state index contributed by atoms with van der Waals surface area (Å²) >= 11 is 0. The van der Waals surface area contributed by atoms with E-state index in [9.17, 15) is 0 Å². The van der Waals surface area contributed by atoms with Gasteiger partial charge in [0, 0.05) is 17.3 Å². The number of fused-ring (bicyclic) bond motifs is 1. The van der Waals surface area contributed by atoms with E-state index in [1.54, 1.807) is 0 Å². The molecule has 0 aliphatic heterocycles. The molecule has 2 nitrogen and oxygen atoms in total. The first-order chi connectivity index (χ1) is 8.75. The number of benzene rings is 2. The predicted octanol–water partition coefficient (Wildman–Crippen LogP) is 3.42. The maximum Gasteiger partial charge on any atom is 0.137 e. The van der Waals surface area contributed by atoms with Crippen LogP contribution in [0.4, 0.5) is 0 Å². The Kier molecular flexibility index (Phi) is 2.49. The van der Waals surface area contributed by atoms with Gasteiger partial charge < -0.3 is 4.57 Å². The first-order valence-corrected chi connectivity index (χ1v) is 5.98. The van der Waals surface area contributed by atoms with Crippen LogP contribution in [-0.2, 0) is 0 Å². The largest absolute Gasteiger partial charge is 0.302 e. The number of nitrogens with one attached hydrogen (secondary N) is 1. The number of rotatable bonds is 1. The fraction of sp³-hybridized carbons (Fsp3) is 0.0625. The van der Waals surface area contributed by atoms with Gasteiger partial charge in [0.05, 0.1) is 0 Å². The zero-order valence-corrected chi connectivity index (χ0v) is 10.2. The third-order valence-corrected chi connectivity index (χ3v) is 3.17. The van der Waals surface area contributed by atoms with Crippen LogP contribution in [0.5, 0.6) is 0 Å². The fourth-order valence-corrected chi connectivity index (χ4v) is 2.14. The van der Waals surface area contributed by atoms with Crippen LogP contribution >= 0.6 is 0 Å². The van der Waals surface area contributed by atoms with E-state index in [1.807, 2.05) is 53.2 Å². The monoisotopic (exact) mass is 234 g/mol. The molecule has 0 spiro atoms. The van der Waals surface area contributed by atoms with Crippen molar-refractivity contribution >= 4 is 10.8 Å². The van der Waals surface area contributed by atoms with Gasteiger partial charge >= 0.3 is 0 Å². The topological polar surface area (TPSA) is 28.8 Å². The average Bonchev–Trinajstić information content (AvgIpc) is 2.41. The van der Waals surface area contributed by atoms with Crippen LogP contribution < -0.4 is 5.49 Å². The normalized spacial score (nSPS) is 10.7. The van der Waals surface area contributed by atoms with Crippen molar-refractivity contribution in [1.82, 2.24) is 4.57 Å². The Balaban J connectivity index is 2.27. The Morgan fingerprint density at radius 2 is 1.61 bits per heavy atom. The second-order valence-electron chi connectivity index (χ2n) is 4.46. The molecule has 0 saturated heterocycles. The van der Waals surface area contributed by atoms with Gasteiger partial charge in [-0.25, -0.2) is 0 Å². The Bertz CT molecular complexity index is 752. The number of nitrogens with zero attached hydrogens (tertiary/aromatic N) is 1. The van der Waals surface area contributed by atoms with Crippen LogP contribution in [0.25, 0.3) is 16.5 Å². The molecule has 1 aromatic heterocycles. The van der Waals surface area contributed by atoms with E-state index in [0.29, 0.717) is 5.49 Å². The molecule has 0 radical (unpaired) electrons. The molecule has 1 heterocycles. The quantitative estimate of drug-likeness (QED) is 0.668. The molecule has 0 unspecified atom stereocenters. The summed E-state index contributed by atoms with van der Waals surface area (Å²) in [4.78, 5) is 0. The van der Waals surface area contributed by atoms with Crippen LogP contribution in [0, 0.1) is 12.3 Å². The Morgan fingerprint density at radius 3 is 2.39 bits per heavy atom. The van der Waals surface area contributed by atoms with Gasteiger partial charge in [0.1, 0.15) is 5.49 Å². The van der Waals surface area contributed by atoms with Crippen LogP contribution in [0.2, 0.25) is 0 Å². The summed E-state index contributed by atoms with van der Waals surface area (Å²) in [6, 6.07) is 18.3. The van der Waals surface area contributed by atoms with Gasteiger partial charge in [-0.3, -0.25) is 5.41 Å². The molecule has 0 bridgehead atoms. The molecule has 18 heavy (non-hydrogen) atoms. The first kappa shape index (κ1) is 10.8. The second-order valence-corrected chi connectivity index (χ2v) is 4.46. The zero-order valence-electron chi connectivity index (χ0n) is 10.2. The van der Waals surface area contributed by atoms with E-state index in [1.165, 1.54) is 5.56 Å². The van der Waals surface area contributed by atoms with E-state index >= 15 is 0 Å². The molecule has 2 aromatic carbocycles. The van der Waals surface area contributed by atoms with Gasteiger partial charge in [-0.2, -0.15) is 0 Å². The standard InChI is InChI=1S/C16H14N2/c1-12-6-8-14(9-7-12)18-11-10-13-4-2-3-5-15(13)16(18)17/h2-11,17H,1H3. The number of aryl methyl sites for hydroxylation is 1. The van der Waals surface area contributed by atoms with E-state index in [-0.39, 0.29) is 0 Å². The third-order valence-electron chi connectivity index (χ3n) is 3.17. The van der Waals surface area contributed by atoms with Crippen LogP contribution in [0.3, 0.4) is 0 Å². The minimum atomic E-state index is 0.525. The average molecular weight is 234 g/mol. The summed E-state index contributed by atoms with van der Waals surface area (Å²) in [5.41, 5.74) is 2.78. The molecule has 1 N–H and O–H groups in total. The van der Waals surface area contributed by atoms with Crippen molar-refractivity contribution in [2.24, 2.45) is 0 Å². The molecule has 0 fully saturated rings. The lowest BCUT2D eigenvalue weighted by atomic mass is 10.1. The summed E-state index contributed by atoms with van der Waals surface area (Å²) < 4.78 is 1.90. The first-order valence-electron chi connectivity index (χ1n) is 5.98. The molecule has 2 heteroatoms. The highest BCUT2D eigenvalue weighted by Crippen LogP contribution is 2.12. The van der Waals surface area contributed by atoms with Gasteiger partial charge in [-0.1, -0.05) is 42.0 Å². The van der Waals surface area contributed by atoms with Crippen molar-refractivity contribution in [2.75, 3.05) is 0 Å². The maximum atomic E-state index is 8.29. The van der Waals surface area contributed by atoms with Gasteiger partial charge in [0.25, 0.3) is 0 Å². The minimum absolute atomic E-state index is 0.525. The molecule has 3 aromatic rings. The number of aromatic nitrogens is 1. The summed E-state index contributed by atoms with van der Waals surface area (Å²) in [6.07, 6.45) is 1.95. The summed E-state index contributed by atoms with van der Waals surface area (Å²) in [5, 5.41) is 10.4. The van der Waals surface area contributed by atoms with E-state index in [4.69, 9.17) is 5.41 Å². The van der Waals surface area contributed by atoms with Crippen molar-refractivity contribution in [3.8, 4) is 5.69 Å². The molecular formula is C16H14N2. The fourth-order valence-electron chi connectivity index (χ4n) is 2.14. The van der Waals surface area contributed by atoms with Crippen LogP contribution in [0.15, 0.2) is 60.8 Å². The molecule has 0 atom stereocenters. The number of pyridine rings is 1. The lowest BCUT2D eigenvalue weighted by Gasteiger charge is -2.09. The van der Waals surface area contributed by atoms with Crippen LogP contribution in [-0.4, -0.2) is 4.57 Å². The number of hydrogen-bond donors (Lipinski definition) is 1. The molecule has 88 valence electrons. The zero-order chi connectivity index (χ0) is 12.5. The van der Waals surface area contributed by atoms with Crippen molar-refractivity contribution in [3.05, 3.63) is 71.8 Å². The van der Waals surface area contributed by atoms with Gasteiger partial charge in [-0.05, 0) is 30.5 Å². The molecule has 0 amide bonds. The highest BCUT2D eigenvalue weighted by atomic mass is 15.0. The van der Waals surface area contributed by atoms with Crippen molar-refractivity contribution in [2.45, 2.75) is 6.92 Å². The third kappa shape index (κ3) is 1.72. The Hall–Kier alpha value is -2.35. The second kappa shape index (κ2) is 4.15. The summed E-state index contributed by atoms with van der Waals surface area (Å²) in [6.45, 7) is 2.07. The smallest absolute Gasteiger partial charge is 0.137 e. The molecule has 0 saturated carbocycles. The lowest BCUT2D eigenvalue weighted by Crippen LogP contribution is -2.17. The minimum Gasteiger partial charge on any atom is -0.302 e. The highest BCUT2D eigenvalue weighted by molar-refractivity contribution is 5.81. The number of hydrogen-bond acceptors (Lipinski definition) is 1. The van der Waals surface area contributed by atoms with Gasteiger partial charge in [0.2, 0.25) is 0 Å². The lowest BCUT2D eigenvalue weighted by molar-refractivity contribution is 0.944. The molecule has 0 aliphatic rings.